The quantitative estimate of drug-likeness (QED) is 0.695. The number of anilines is 1. The van der Waals surface area contributed by atoms with Crippen molar-refractivity contribution in [2.24, 2.45) is 0 Å². The van der Waals surface area contributed by atoms with Gasteiger partial charge < -0.3 is 4.90 Å². The maximum atomic E-state index is 14.0. The number of hydrogen-bond donors (Lipinski definition) is 0. The SMILES string of the molecule is CN1c2ccccc2[C@H]2[C@@H]1[C@]2(c1ccc(Br)cc1)C(F)(F)F. The van der Waals surface area contributed by atoms with Crippen molar-refractivity contribution in [3.63, 3.8) is 0 Å². The molecule has 2 aliphatic rings. The molecule has 3 atom stereocenters. The molecule has 0 aromatic heterocycles. The molecule has 5 heteroatoms. The van der Waals surface area contributed by atoms with Gasteiger partial charge in [-0.1, -0.05) is 46.3 Å². The molecule has 1 heterocycles. The van der Waals surface area contributed by atoms with E-state index in [4.69, 9.17) is 0 Å². The van der Waals surface area contributed by atoms with Crippen LogP contribution in [0.4, 0.5) is 18.9 Å². The Kier molecular flexibility index (Phi) is 2.75. The number of rotatable bonds is 1. The van der Waals surface area contributed by atoms with Gasteiger partial charge in [-0.05, 0) is 29.3 Å². The monoisotopic (exact) mass is 367 g/mol. The number of hydrogen-bond acceptors (Lipinski definition) is 1. The Labute approximate surface area is 134 Å². The Morgan fingerprint density at radius 3 is 2.32 bits per heavy atom. The van der Waals surface area contributed by atoms with Crippen molar-refractivity contribution in [2.45, 2.75) is 23.6 Å². The molecule has 0 N–H and O–H groups in total. The predicted molar refractivity (Wildman–Crippen MR) is 83.2 cm³/mol. The van der Waals surface area contributed by atoms with E-state index in [1.54, 1.807) is 36.2 Å². The average molecular weight is 368 g/mol. The molecule has 1 nitrogen and oxygen atoms in total. The van der Waals surface area contributed by atoms with Gasteiger partial charge in [-0.25, -0.2) is 0 Å². The van der Waals surface area contributed by atoms with E-state index in [2.05, 4.69) is 15.9 Å². The van der Waals surface area contributed by atoms with Crippen LogP contribution in [-0.2, 0) is 5.41 Å². The number of nitrogens with zero attached hydrogens (tertiary/aromatic N) is 1. The summed E-state index contributed by atoms with van der Waals surface area (Å²) in [4.78, 5) is 1.79. The Hall–Kier alpha value is -1.49. The predicted octanol–water partition coefficient (Wildman–Crippen LogP) is 4.87. The minimum absolute atomic E-state index is 0.347. The normalized spacial score (nSPS) is 29.2. The van der Waals surface area contributed by atoms with Crippen molar-refractivity contribution in [3.05, 3.63) is 64.1 Å². The third-order valence-corrected chi connectivity index (χ3v) is 5.55. The fraction of sp³-hybridized carbons (Fsp3) is 0.294. The van der Waals surface area contributed by atoms with Crippen LogP contribution in [0.15, 0.2) is 53.0 Å². The van der Waals surface area contributed by atoms with Crippen molar-refractivity contribution in [1.29, 1.82) is 0 Å². The van der Waals surface area contributed by atoms with Gasteiger partial charge in [0.25, 0.3) is 0 Å². The zero-order valence-corrected chi connectivity index (χ0v) is 13.3. The molecule has 0 unspecified atom stereocenters. The van der Waals surface area contributed by atoms with Crippen LogP contribution in [0.3, 0.4) is 0 Å². The van der Waals surface area contributed by atoms with E-state index in [9.17, 15) is 13.2 Å². The van der Waals surface area contributed by atoms with Gasteiger partial charge in [0.2, 0.25) is 0 Å². The zero-order chi connectivity index (χ0) is 15.7. The van der Waals surface area contributed by atoms with Gasteiger partial charge in [0, 0.05) is 23.1 Å². The van der Waals surface area contributed by atoms with Crippen LogP contribution in [0.5, 0.6) is 0 Å². The molecule has 1 fully saturated rings. The van der Waals surface area contributed by atoms with E-state index < -0.39 is 23.6 Å². The molecule has 1 aliphatic heterocycles. The maximum Gasteiger partial charge on any atom is 0.401 e. The first kappa shape index (κ1) is 14.1. The third kappa shape index (κ3) is 1.55. The second kappa shape index (κ2) is 4.28. The van der Waals surface area contributed by atoms with Crippen molar-refractivity contribution < 1.29 is 13.2 Å². The van der Waals surface area contributed by atoms with E-state index in [1.807, 2.05) is 24.3 Å². The lowest BCUT2D eigenvalue weighted by atomic mass is 9.88. The highest BCUT2D eigenvalue weighted by atomic mass is 79.9. The fourth-order valence-electron chi connectivity index (χ4n) is 4.12. The van der Waals surface area contributed by atoms with E-state index in [0.717, 1.165) is 15.7 Å². The largest absolute Gasteiger partial charge is 0.401 e. The van der Waals surface area contributed by atoms with Gasteiger partial charge in [-0.15, -0.1) is 0 Å². The third-order valence-electron chi connectivity index (χ3n) is 5.02. The minimum Gasteiger partial charge on any atom is -0.369 e. The summed E-state index contributed by atoms with van der Waals surface area (Å²) < 4.78 is 42.9. The first-order valence-corrected chi connectivity index (χ1v) is 7.83. The number of benzene rings is 2. The topological polar surface area (TPSA) is 3.24 Å². The van der Waals surface area contributed by atoms with Gasteiger partial charge in [0.1, 0.15) is 5.41 Å². The summed E-state index contributed by atoms with van der Waals surface area (Å²) in [7, 11) is 1.76. The molecule has 1 aliphatic carbocycles. The van der Waals surface area contributed by atoms with Crippen LogP contribution in [0.2, 0.25) is 0 Å². The molecular weight excluding hydrogens is 355 g/mol. The summed E-state index contributed by atoms with van der Waals surface area (Å²) in [5.41, 5.74) is 0.265. The van der Waals surface area contributed by atoms with Crippen LogP contribution < -0.4 is 4.90 Å². The Balaban J connectivity index is 1.90. The first-order chi connectivity index (χ1) is 10.4. The summed E-state index contributed by atoms with van der Waals surface area (Å²) in [6, 6.07) is 13.4. The lowest BCUT2D eigenvalue weighted by Crippen LogP contribution is -2.39. The van der Waals surface area contributed by atoms with Crippen molar-refractivity contribution in [2.75, 3.05) is 11.9 Å². The van der Waals surface area contributed by atoms with Crippen LogP contribution in [-0.4, -0.2) is 19.3 Å². The summed E-state index contributed by atoms with van der Waals surface area (Å²) in [6.45, 7) is 0. The molecule has 0 spiro atoms. The highest BCUT2D eigenvalue weighted by Gasteiger charge is 2.82. The average Bonchev–Trinajstić information content (AvgIpc) is 3.10. The van der Waals surface area contributed by atoms with E-state index >= 15 is 0 Å². The van der Waals surface area contributed by atoms with Crippen LogP contribution in [0.25, 0.3) is 0 Å². The van der Waals surface area contributed by atoms with Gasteiger partial charge in [-0.3, -0.25) is 0 Å². The van der Waals surface area contributed by atoms with Crippen molar-refractivity contribution >= 4 is 21.6 Å². The Morgan fingerprint density at radius 2 is 1.68 bits per heavy atom. The lowest BCUT2D eigenvalue weighted by molar-refractivity contribution is -0.163. The van der Waals surface area contributed by atoms with E-state index in [0.29, 0.717) is 5.56 Å². The molecule has 1 saturated carbocycles. The molecular formula is C17H13BrF3N. The van der Waals surface area contributed by atoms with E-state index in [-0.39, 0.29) is 0 Å². The molecule has 0 saturated heterocycles. The number of fused-ring (bicyclic) bond motifs is 3. The Bertz CT molecular complexity index is 740. The van der Waals surface area contributed by atoms with E-state index in [1.165, 1.54) is 0 Å². The number of alkyl halides is 3. The van der Waals surface area contributed by atoms with Crippen LogP contribution in [0.1, 0.15) is 17.0 Å². The van der Waals surface area contributed by atoms with Crippen LogP contribution >= 0.6 is 15.9 Å². The summed E-state index contributed by atoms with van der Waals surface area (Å²) in [5, 5.41) is 0. The Morgan fingerprint density at radius 1 is 1.05 bits per heavy atom. The smallest absolute Gasteiger partial charge is 0.369 e. The van der Waals surface area contributed by atoms with Gasteiger partial charge in [-0.2, -0.15) is 13.2 Å². The number of likely N-dealkylation sites (N-methyl/N-ethyl adjacent to an activating group) is 1. The van der Waals surface area contributed by atoms with Gasteiger partial charge in [0.15, 0.2) is 0 Å². The second-order valence-electron chi connectivity index (χ2n) is 5.97. The summed E-state index contributed by atoms with van der Waals surface area (Å²) in [5.74, 6) is -0.519. The van der Waals surface area contributed by atoms with Gasteiger partial charge in [0.05, 0.1) is 6.04 Å². The van der Waals surface area contributed by atoms with Crippen molar-refractivity contribution in [3.8, 4) is 0 Å². The molecule has 4 rings (SSSR count). The zero-order valence-electron chi connectivity index (χ0n) is 11.7. The fourth-order valence-corrected chi connectivity index (χ4v) is 4.38. The highest BCUT2D eigenvalue weighted by molar-refractivity contribution is 9.10. The molecule has 22 heavy (non-hydrogen) atoms. The summed E-state index contributed by atoms with van der Waals surface area (Å²) >= 11 is 3.29. The number of para-hydroxylation sites is 1. The van der Waals surface area contributed by atoms with Crippen LogP contribution in [0, 0.1) is 0 Å². The number of halogens is 4. The maximum absolute atomic E-state index is 14.0. The minimum atomic E-state index is -4.28. The highest BCUT2D eigenvalue weighted by Crippen LogP contribution is 2.74. The standard InChI is InChI=1S/C17H13BrF3N/c1-22-13-5-3-2-4-12(13)14-15(22)16(14,17(19,20)21)10-6-8-11(18)9-7-10/h2-9,14-15H,1H3/t14-,15+,16+/m0/s1. The molecule has 2 aromatic carbocycles. The lowest BCUT2D eigenvalue weighted by Gasteiger charge is -2.29. The van der Waals surface area contributed by atoms with Gasteiger partial charge >= 0.3 is 6.18 Å². The molecule has 114 valence electrons. The molecule has 0 radical (unpaired) electrons. The summed E-state index contributed by atoms with van der Waals surface area (Å²) in [6.07, 6.45) is -4.28. The van der Waals surface area contributed by atoms with Crippen molar-refractivity contribution in [1.82, 2.24) is 0 Å². The molecule has 2 aromatic rings. The molecule has 0 bridgehead atoms. The molecule has 0 amide bonds. The second-order valence-corrected chi connectivity index (χ2v) is 6.88. The first-order valence-electron chi connectivity index (χ1n) is 7.03.